The summed E-state index contributed by atoms with van der Waals surface area (Å²) in [7, 11) is 4.15. The number of carboxylic acids is 1. The van der Waals surface area contributed by atoms with Crippen molar-refractivity contribution in [3.63, 3.8) is 0 Å². The summed E-state index contributed by atoms with van der Waals surface area (Å²) in [6.45, 7) is 5.05. The first-order chi connectivity index (χ1) is 18.1. The summed E-state index contributed by atoms with van der Waals surface area (Å²) in [6, 6.07) is 0.643. The summed E-state index contributed by atoms with van der Waals surface area (Å²) < 4.78 is 8.37. The topological polar surface area (TPSA) is 96.7 Å². The van der Waals surface area contributed by atoms with Crippen LogP contribution in [0.4, 0.5) is 0 Å². The van der Waals surface area contributed by atoms with E-state index in [1.165, 1.54) is 0 Å². The number of thioether (sulfide) groups is 1. The van der Waals surface area contributed by atoms with Crippen molar-refractivity contribution in [1.82, 2.24) is 19.8 Å². The summed E-state index contributed by atoms with van der Waals surface area (Å²) >= 11 is 8.51. The molecule has 212 valence electrons. The molecule has 2 aliphatic heterocycles. The summed E-state index contributed by atoms with van der Waals surface area (Å²) in [5, 5.41) is 13.8. The first kappa shape index (κ1) is 28.4. The molecule has 10 heteroatoms. The number of likely N-dealkylation sites (N-methyl/N-ethyl adjacent to an activating group) is 1. The highest BCUT2D eigenvalue weighted by molar-refractivity contribution is 8.00. The Morgan fingerprint density at radius 2 is 2.05 bits per heavy atom. The highest BCUT2D eigenvalue weighted by atomic mass is 35.5. The molecule has 3 heterocycles. The number of carbonyl (C=O) groups is 1. The molecule has 0 amide bonds. The second kappa shape index (κ2) is 11.8. The number of ether oxygens (including phenoxy) is 1. The number of aromatic nitrogens is 2. The molecule has 2 aliphatic carbocycles. The van der Waals surface area contributed by atoms with E-state index >= 15 is 0 Å². The standard InChI is InChI=1S/C28H43ClN4O4S/c1-15-11-20(26-25(30-15)22(14-38-26)28(35)36)19-12-17(29)5-8-24(19)37-10-9-33-16(2)31-23-7-6-18(32(3)4)13-21(23)27(33)34/h15,17-20,22,24-26,30H,5-14H2,1-4H3,(H,35,36)/t15?,17?,18-,19?,20?,22?,24?,25?,26?/m1/s1. The van der Waals surface area contributed by atoms with Crippen LogP contribution < -0.4 is 10.9 Å². The maximum Gasteiger partial charge on any atom is 0.308 e. The number of hydrogen-bond donors (Lipinski definition) is 2. The minimum Gasteiger partial charge on any atom is -0.481 e. The monoisotopic (exact) mass is 566 g/mol. The summed E-state index contributed by atoms with van der Waals surface area (Å²) in [4.78, 5) is 32.4. The molecule has 8 unspecified atom stereocenters. The molecule has 0 spiro atoms. The minimum absolute atomic E-state index is 0.00334. The second-order valence-electron chi connectivity index (χ2n) is 12.1. The van der Waals surface area contributed by atoms with E-state index in [0.717, 1.165) is 62.0 Å². The predicted molar refractivity (Wildman–Crippen MR) is 151 cm³/mol. The Balaban J connectivity index is 1.29. The molecule has 2 N–H and O–H groups in total. The number of rotatable bonds is 7. The number of hydrogen-bond acceptors (Lipinski definition) is 7. The Morgan fingerprint density at radius 3 is 2.79 bits per heavy atom. The van der Waals surface area contributed by atoms with Crippen LogP contribution >= 0.6 is 23.4 Å². The highest BCUT2D eigenvalue weighted by Crippen LogP contribution is 2.48. The van der Waals surface area contributed by atoms with Gasteiger partial charge in [0.2, 0.25) is 0 Å². The van der Waals surface area contributed by atoms with Gasteiger partial charge in [0.05, 0.1) is 30.9 Å². The average Bonchev–Trinajstić information content (AvgIpc) is 3.30. The molecular weight excluding hydrogens is 524 g/mol. The zero-order valence-electron chi connectivity index (χ0n) is 23.1. The van der Waals surface area contributed by atoms with Crippen molar-refractivity contribution in [3.8, 4) is 0 Å². The lowest BCUT2D eigenvalue weighted by molar-refractivity contribution is -0.142. The minimum atomic E-state index is -0.701. The third-order valence-corrected chi connectivity index (χ3v) is 11.5. The van der Waals surface area contributed by atoms with Crippen LogP contribution in [0.25, 0.3) is 0 Å². The van der Waals surface area contributed by atoms with Gasteiger partial charge in [0.15, 0.2) is 0 Å². The van der Waals surface area contributed by atoms with E-state index < -0.39 is 5.97 Å². The fraction of sp³-hybridized carbons (Fsp3) is 0.821. The Bertz CT molecular complexity index is 1080. The van der Waals surface area contributed by atoms with Gasteiger partial charge in [-0.2, -0.15) is 11.8 Å². The molecular formula is C28H43ClN4O4S. The van der Waals surface area contributed by atoms with Gasteiger partial charge in [-0.25, -0.2) is 4.98 Å². The molecule has 0 bridgehead atoms. The van der Waals surface area contributed by atoms with Gasteiger partial charge >= 0.3 is 5.97 Å². The molecule has 1 saturated carbocycles. The van der Waals surface area contributed by atoms with Crippen LogP contribution in [0.2, 0.25) is 0 Å². The first-order valence-electron chi connectivity index (χ1n) is 14.3. The molecule has 1 aromatic heterocycles. The number of nitrogens with one attached hydrogen (secondary N) is 1. The van der Waals surface area contributed by atoms with Crippen molar-refractivity contribution in [2.75, 3.05) is 26.5 Å². The largest absolute Gasteiger partial charge is 0.481 e. The van der Waals surface area contributed by atoms with Gasteiger partial charge in [-0.1, -0.05) is 0 Å². The third kappa shape index (κ3) is 5.69. The molecule has 3 fully saturated rings. The molecule has 9 atom stereocenters. The van der Waals surface area contributed by atoms with E-state index in [1.54, 1.807) is 4.57 Å². The molecule has 38 heavy (non-hydrogen) atoms. The first-order valence-corrected chi connectivity index (χ1v) is 15.7. The average molecular weight is 567 g/mol. The van der Waals surface area contributed by atoms with Crippen LogP contribution in [0.5, 0.6) is 0 Å². The van der Waals surface area contributed by atoms with E-state index in [0.29, 0.717) is 36.8 Å². The van der Waals surface area contributed by atoms with E-state index in [-0.39, 0.29) is 40.3 Å². The number of fused-ring (bicyclic) bond motifs is 2. The molecule has 2 saturated heterocycles. The zero-order valence-corrected chi connectivity index (χ0v) is 24.6. The molecule has 0 aromatic carbocycles. The van der Waals surface area contributed by atoms with Crippen LogP contribution in [-0.4, -0.2) is 86.8 Å². The SMILES string of the molecule is Cc1nc2c(c(=O)n1CCOC1CCC(Cl)CC1C1CC(C)NC3C(C(=O)O)CSC13)C[C@H](N(C)C)CC2. The van der Waals surface area contributed by atoms with Crippen molar-refractivity contribution in [2.45, 2.75) is 100 Å². The Kier molecular flexibility index (Phi) is 8.80. The number of aliphatic carboxylic acids is 1. The Labute approximate surface area is 235 Å². The van der Waals surface area contributed by atoms with Gasteiger partial charge in [0.1, 0.15) is 5.82 Å². The van der Waals surface area contributed by atoms with Gasteiger partial charge in [-0.3, -0.25) is 14.2 Å². The van der Waals surface area contributed by atoms with Crippen molar-refractivity contribution in [3.05, 3.63) is 27.4 Å². The van der Waals surface area contributed by atoms with E-state index in [4.69, 9.17) is 21.3 Å². The van der Waals surface area contributed by atoms with E-state index in [9.17, 15) is 14.7 Å². The number of carboxylic acid groups (broad SMARTS) is 1. The van der Waals surface area contributed by atoms with E-state index in [1.807, 2.05) is 18.7 Å². The van der Waals surface area contributed by atoms with Crippen LogP contribution in [0.1, 0.15) is 56.1 Å². The van der Waals surface area contributed by atoms with Crippen molar-refractivity contribution >= 4 is 29.3 Å². The summed E-state index contributed by atoms with van der Waals surface area (Å²) in [6.07, 6.45) is 6.45. The Hall–Kier alpha value is -1.13. The van der Waals surface area contributed by atoms with Crippen molar-refractivity contribution in [1.29, 1.82) is 0 Å². The fourth-order valence-electron chi connectivity index (χ4n) is 7.42. The molecule has 0 radical (unpaired) electrons. The number of piperidine rings is 1. The lowest BCUT2D eigenvalue weighted by Gasteiger charge is -2.47. The molecule has 4 aliphatic rings. The van der Waals surface area contributed by atoms with Gasteiger partial charge in [0.25, 0.3) is 5.56 Å². The maximum absolute atomic E-state index is 13.5. The van der Waals surface area contributed by atoms with Gasteiger partial charge in [-0.05, 0) is 84.7 Å². The molecule has 5 rings (SSSR count). The predicted octanol–water partition coefficient (Wildman–Crippen LogP) is 2.95. The van der Waals surface area contributed by atoms with Gasteiger partial charge in [0, 0.05) is 40.1 Å². The van der Waals surface area contributed by atoms with Crippen LogP contribution in [0.3, 0.4) is 0 Å². The molecule has 8 nitrogen and oxygen atoms in total. The van der Waals surface area contributed by atoms with E-state index in [2.05, 4.69) is 31.2 Å². The van der Waals surface area contributed by atoms with Gasteiger partial charge in [-0.15, -0.1) is 11.6 Å². The smallest absolute Gasteiger partial charge is 0.308 e. The number of halogens is 1. The number of nitrogens with zero attached hydrogens (tertiary/aromatic N) is 3. The fourth-order valence-corrected chi connectivity index (χ4v) is 9.57. The van der Waals surface area contributed by atoms with Crippen LogP contribution in [0, 0.1) is 24.7 Å². The number of alkyl halides is 1. The normalized spacial score (nSPS) is 37.2. The quantitative estimate of drug-likeness (QED) is 0.486. The lowest BCUT2D eigenvalue weighted by Crippen LogP contribution is -2.57. The van der Waals surface area contributed by atoms with Gasteiger partial charge < -0.3 is 20.1 Å². The highest BCUT2D eigenvalue weighted by Gasteiger charge is 2.51. The third-order valence-electron chi connectivity index (χ3n) is 9.49. The summed E-state index contributed by atoms with van der Waals surface area (Å²) in [5.41, 5.74) is 1.91. The maximum atomic E-state index is 13.5. The Morgan fingerprint density at radius 1 is 1.26 bits per heavy atom. The molecule has 1 aromatic rings. The zero-order chi connectivity index (χ0) is 27.1. The summed E-state index contributed by atoms with van der Waals surface area (Å²) in [5.74, 6) is 1.04. The second-order valence-corrected chi connectivity index (χ2v) is 13.9. The van der Waals surface area contributed by atoms with Crippen molar-refractivity contribution in [2.24, 2.45) is 17.8 Å². The lowest BCUT2D eigenvalue weighted by atomic mass is 9.70. The van der Waals surface area contributed by atoms with Crippen LogP contribution in [-0.2, 0) is 28.9 Å². The number of aryl methyl sites for hydroxylation is 2. The van der Waals surface area contributed by atoms with Crippen molar-refractivity contribution < 1.29 is 14.6 Å². The van der Waals surface area contributed by atoms with Crippen LogP contribution in [0.15, 0.2) is 4.79 Å².